The van der Waals surface area contributed by atoms with Crippen LogP contribution in [-0.4, -0.2) is 37.9 Å². The summed E-state index contributed by atoms with van der Waals surface area (Å²) in [7, 11) is 0. The second kappa shape index (κ2) is 9.88. The summed E-state index contributed by atoms with van der Waals surface area (Å²) < 4.78 is 1.70. The number of tetrazole rings is 1. The molecule has 1 N–H and O–H groups in total. The lowest BCUT2D eigenvalue weighted by atomic mass is 9.86. The van der Waals surface area contributed by atoms with Crippen LogP contribution < -0.4 is 5.32 Å². The molecule has 1 aliphatic rings. The molecule has 0 spiro atoms. The molecular weight excluding hydrogens is 358 g/mol. The van der Waals surface area contributed by atoms with E-state index >= 15 is 0 Å². The molecule has 1 heterocycles. The SMILES string of the molecule is CCCCc1ccc(-n2nnnc2SCC(=O)N[C@@H]2CCCC[C@H]2C)cc1. The Bertz CT molecular complexity index is 730. The Morgan fingerprint density at radius 3 is 2.78 bits per heavy atom. The van der Waals surface area contributed by atoms with Crippen molar-refractivity contribution >= 4 is 17.7 Å². The van der Waals surface area contributed by atoms with Crippen molar-refractivity contribution in [1.82, 2.24) is 25.5 Å². The Hall–Kier alpha value is -1.89. The number of thioether (sulfide) groups is 1. The van der Waals surface area contributed by atoms with Crippen molar-refractivity contribution in [3.63, 3.8) is 0 Å². The minimum Gasteiger partial charge on any atom is -0.352 e. The molecule has 7 heteroatoms. The second-order valence-corrected chi connectivity index (χ2v) is 8.31. The fourth-order valence-electron chi connectivity index (χ4n) is 3.52. The molecule has 27 heavy (non-hydrogen) atoms. The van der Waals surface area contributed by atoms with Crippen LogP contribution in [0, 0.1) is 5.92 Å². The lowest BCUT2D eigenvalue weighted by molar-refractivity contribution is -0.119. The van der Waals surface area contributed by atoms with Gasteiger partial charge in [0.05, 0.1) is 11.4 Å². The van der Waals surface area contributed by atoms with Crippen molar-refractivity contribution < 1.29 is 4.79 Å². The summed E-state index contributed by atoms with van der Waals surface area (Å²) >= 11 is 1.38. The fraction of sp³-hybridized carbons (Fsp3) is 0.600. The van der Waals surface area contributed by atoms with Gasteiger partial charge < -0.3 is 5.32 Å². The van der Waals surface area contributed by atoms with E-state index in [1.807, 2.05) is 12.1 Å². The maximum Gasteiger partial charge on any atom is 0.230 e. The van der Waals surface area contributed by atoms with E-state index in [1.165, 1.54) is 49.4 Å². The molecule has 146 valence electrons. The predicted octanol–water partition coefficient (Wildman–Crippen LogP) is 3.79. The molecule has 0 unspecified atom stereocenters. The van der Waals surface area contributed by atoms with Crippen LogP contribution in [0.1, 0.15) is 57.9 Å². The standard InChI is InChI=1S/C20H29N5OS/c1-3-4-8-16-10-12-17(13-11-16)25-20(22-23-24-25)27-14-19(26)21-18-9-6-5-7-15(18)2/h10-13,15,18H,3-9,14H2,1-2H3,(H,21,26)/t15-,18-/m1/s1. The third-order valence-electron chi connectivity index (χ3n) is 5.23. The van der Waals surface area contributed by atoms with Gasteiger partial charge in [0.15, 0.2) is 0 Å². The summed E-state index contributed by atoms with van der Waals surface area (Å²) in [5.74, 6) is 0.950. The van der Waals surface area contributed by atoms with Gasteiger partial charge in [0.25, 0.3) is 0 Å². The van der Waals surface area contributed by atoms with Crippen LogP contribution in [-0.2, 0) is 11.2 Å². The third-order valence-corrected chi connectivity index (χ3v) is 6.15. The smallest absolute Gasteiger partial charge is 0.230 e. The Morgan fingerprint density at radius 2 is 2.04 bits per heavy atom. The van der Waals surface area contributed by atoms with E-state index in [1.54, 1.807) is 4.68 Å². The molecule has 6 nitrogen and oxygen atoms in total. The maximum atomic E-state index is 12.3. The van der Waals surface area contributed by atoms with Gasteiger partial charge in [0, 0.05) is 6.04 Å². The minimum absolute atomic E-state index is 0.0585. The molecule has 1 aromatic carbocycles. The zero-order valence-electron chi connectivity index (χ0n) is 16.2. The summed E-state index contributed by atoms with van der Waals surface area (Å²) in [6, 6.07) is 8.62. The van der Waals surface area contributed by atoms with E-state index in [2.05, 4.69) is 46.8 Å². The average molecular weight is 388 g/mol. The first kappa shape index (κ1) is 19.9. The summed E-state index contributed by atoms with van der Waals surface area (Å²) in [4.78, 5) is 12.3. The van der Waals surface area contributed by atoms with Gasteiger partial charge in [0.1, 0.15) is 0 Å². The van der Waals surface area contributed by atoms with E-state index < -0.39 is 0 Å². The van der Waals surface area contributed by atoms with Crippen LogP contribution in [0.4, 0.5) is 0 Å². The van der Waals surface area contributed by atoms with Gasteiger partial charge in [-0.25, -0.2) is 0 Å². The number of hydrogen-bond acceptors (Lipinski definition) is 5. The van der Waals surface area contributed by atoms with Gasteiger partial charge in [-0.2, -0.15) is 4.68 Å². The number of aromatic nitrogens is 4. The molecule has 1 amide bonds. The van der Waals surface area contributed by atoms with Gasteiger partial charge in [-0.05, 0) is 59.7 Å². The van der Waals surface area contributed by atoms with Crippen LogP contribution in [0.15, 0.2) is 29.4 Å². The number of aryl methyl sites for hydroxylation is 1. The molecule has 0 radical (unpaired) electrons. The lowest BCUT2D eigenvalue weighted by Crippen LogP contribution is -2.41. The number of hydrogen-bond donors (Lipinski definition) is 1. The monoisotopic (exact) mass is 387 g/mol. The van der Waals surface area contributed by atoms with Crippen molar-refractivity contribution in [2.24, 2.45) is 5.92 Å². The summed E-state index contributed by atoms with van der Waals surface area (Å²) in [5, 5.41) is 15.8. The summed E-state index contributed by atoms with van der Waals surface area (Å²) in [5.41, 5.74) is 2.24. The average Bonchev–Trinajstić information content (AvgIpc) is 3.15. The molecule has 1 fully saturated rings. The van der Waals surface area contributed by atoms with Gasteiger partial charge in [-0.15, -0.1) is 5.10 Å². The molecular formula is C20H29N5OS. The molecule has 2 atom stereocenters. The Labute approximate surface area is 165 Å². The van der Waals surface area contributed by atoms with Crippen LogP contribution in [0.5, 0.6) is 0 Å². The molecule has 0 saturated heterocycles. The fourth-order valence-corrected chi connectivity index (χ4v) is 4.23. The van der Waals surface area contributed by atoms with Crippen molar-refractivity contribution in [1.29, 1.82) is 0 Å². The van der Waals surface area contributed by atoms with Crippen LogP contribution >= 0.6 is 11.8 Å². The van der Waals surface area contributed by atoms with E-state index in [0.717, 1.165) is 18.5 Å². The van der Waals surface area contributed by atoms with Crippen molar-refractivity contribution in [2.75, 3.05) is 5.75 Å². The number of benzene rings is 1. The number of nitrogens with zero attached hydrogens (tertiary/aromatic N) is 4. The number of carbonyl (C=O) groups excluding carboxylic acids is 1. The Balaban J connectivity index is 1.56. The summed E-state index contributed by atoms with van der Waals surface area (Å²) in [6.45, 7) is 4.42. The molecule has 2 aromatic rings. The number of rotatable bonds is 8. The third kappa shape index (κ3) is 5.54. The normalized spacial score (nSPS) is 19.8. The lowest BCUT2D eigenvalue weighted by Gasteiger charge is -2.29. The summed E-state index contributed by atoms with van der Waals surface area (Å²) in [6.07, 6.45) is 8.23. The van der Waals surface area contributed by atoms with Gasteiger partial charge >= 0.3 is 0 Å². The van der Waals surface area contributed by atoms with Gasteiger partial charge in [-0.3, -0.25) is 4.79 Å². The van der Waals surface area contributed by atoms with E-state index in [-0.39, 0.29) is 5.91 Å². The number of unbranched alkanes of at least 4 members (excludes halogenated alkanes) is 1. The highest BCUT2D eigenvalue weighted by Gasteiger charge is 2.23. The van der Waals surface area contributed by atoms with Crippen LogP contribution in [0.2, 0.25) is 0 Å². The highest BCUT2D eigenvalue weighted by Crippen LogP contribution is 2.24. The Morgan fingerprint density at radius 1 is 1.26 bits per heavy atom. The first-order valence-electron chi connectivity index (χ1n) is 9.97. The van der Waals surface area contributed by atoms with E-state index in [9.17, 15) is 4.79 Å². The minimum atomic E-state index is 0.0585. The van der Waals surface area contributed by atoms with Gasteiger partial charge in [0.2, 0.25) is 11.1 Å². The topological polar surface area (TPSA) is 72.7 Å². The van der Waals surface area contributed by atoms with Crippen molar-refractivity contribution in [2.45, 2.75) is 70.0 Å². The molecule has 1 saturated carbocycles. The molecule has 3 rings (SSSR count). The predicted molar refractivity (Wildman–Crippen MR) is 108 cm³/mol. The number of amides is 1. The van der Waals surface area contributed by atoms with E-state index in [4.69, 9.17) is 0 Å². The van der Waals surface area contributed by atoms with Gasteiger partial charge in [-0.1, -0.05) is 57.0 Å². The maximum absolute atomic E-state index is 12.3. The molecule has 0 aliphatic heterocycles. The van der Waals surface area contributed by atoms with Crippen molar-refractivity contribution in [3.8, 4) is 5.69 Å². The zero-order valence-corrected chi connectivity index (χ0v) is 17.0. The molecule has 0 bridgehead atoms. The first-order valence-corrected chi connectivity index (χ1v) is 11.0. The number of nitrogens with one attached hydrogen (secondary N) is 1. The first-order chi connectivity index (χ1) is 13.2. The molecule has 1 aliphatic carbocycles. The largest absolute Gasteiger partial charge is 0.352 e. The number of carbonyl (C=O) groups is 1. The zero-order chi connectivity index (χ0) is 19.1. The van der Waals surface area contributed by atoms with Crippen molar-refractivity contribution in [3.05, 3.63) is 29.8 Å². The highest BCUT2D eigenvalue weighted by atomic mass is 32.2. The van der Waals surface area contributed by atoms with Crippen LogP contribution in [0.25, 0.3) is 5.69 Å². The quantitative estimate of drug-likeness (QED) is 0.698. The Kier molecular flexibility index (Phi) is 7.26. The van der Waals surface area contributed by atoms with Crippen LogP contribution in [0.3, 0.4) is 0 Å². The highest BCUT2D eigenvalue weighted by molar-refractivity contribution is 7.99. The van der Waals surface area contributed by atoms with E-state index in [0.29, 0.717) is 22.9 Å². The molecule has 1 aromatic heterocycles. The second-order valence-electron chi connectivity index (χ2n) is 7.37.